The van der Waals surface area contributed by atoms with Crippen molar-refractivity contribution >= 4 is 0 Å². The second kappa shape index (κ2) is 5.30. The van der Waals surface area contributed by atoms with E-state index in [1.165, 1.54) is 0 Å². The second-order valence-corrected chi connectivity index (χ2v) is 4.54. The van der Waals surface area contributed by atoms with Crippen LogP contribution in [-0.4, -0.2) is 31.3 Å². The number of nitrogens with zero attached hydrogens (tertiary/aromatic N) is 5. The number of aryl methyl sites for hydroxylation is 1. The smallest absolute Gasteiger partial charge is 0.111 e. The van der Waals surface area contributed by atoms with Crippen LogP contribution in [0.1, 0.15) is 32.5 Å². The van der Waals surface area contributed by atoms with E-state index >= 15 is 0 Å². The number of hydrogen-bond donors (Lipinski definition) is 1. The monoisotopic (exact) mass is 248 g/mol. The van der Waals surface area contributed by atoms with E-state index in [-0.39, 0.29) is 6.04 Å². The third-order valence-corrected chi connectivity index (χ3v) is 2.86. The maximum Gasteiger partial charge on any atom is 0.111 e. The first kappa shape index (κ1) is 12.8. The highest BCUT2D eigenvalue weighted by Crippen LogP contribution is 2.24. The predicted octanol–water partition coefficient (Wildman–Crippen LogP) is 1.37. The average molecular weight is 248 g/mol. The van der Waals surface area contributed by atoms with E-state index in [9.17, 15) is 0 Å². The van der Waals surface area contributed by atoms with E-state index in [4.69, 9.17) is 0 Å². The lowest BCUT2D eigenvalue weighted by atomic mass is 10.2. The molecule has 0 saturated carbocycles. The van der Waals surface area contributed by atoms with E-state index in [0.717, 1.165) is 30.2 Å². The van der Waals surface area contributed by atoms with Crippen LogP contribution in [0.2, 0.25) is 0 Å². The van der Waals surface area contributed by atoms with E-state index in [0.29, 0.717) is 0 Å². The van der Waals surface area contributed by atoms with E-state index < -0.39 is 0 Å². The molecule has 0 bridgehead atoms. The fourth-order valence-corrected chi connectivity index (χ4v) is 1.92. The topological polar surface area (TPSA) is 60.6 Å². The van der Waals surface area contributed by atoms with E-state index in [1.807, 2.05) is 22.5 Å². The molecule has 0 aliphatic heterocycles. The molecule has 0 amide bonds. The van der Waals surface area contributed by atoms with Crippen LogP contribution in [0.5, 0.6) is 0 Å². The summed E-state index contributed by atoms with van der Waals surface area (Å²) in [5, 5.41) is 16.0. The Bertz CT molecular complexity index is 510. The summed E-state index contributed by atoms with van der Waals surface area (Å²) in [7, 11) is 1.93. The van der Waals surface area contributed by atoms with Crippen LogP contribution in [0.4, 0.5) is 0 Å². The van der Waals surface area contributed by atoms with Crippen LogP contribution in [0, 0.1) is 0 Å². The summed E-state index contributed by atoms with van der Waals surface area (Å²) in [4.78, 5) is 0. The zero-order valence-corrected chi connectivity index (χ0v) is 11.4. The van der Waals surface area contributed by atoms with Gasteiger partial charge in [0.25, 0.3) is 0 Å². The summed E-state index contributed by atoms with van der Waals surface area (Å²) in [5.74, 6) is 0. The predicted molar refractivity (Wildman–Crippen MR) is 70.0 cm³/mol. The van der Waals surface area contributed by atoms with Gasteiger partial charge in [0.15, 0.2) is 0 Å². The zero-order chi connectivity index (χ0) is 13.1. The van der Waals surface area contributed by atoms with Crippen molar-refractivity contribution in [2.45, 2.75) is 33.4 Å². The highest BCUT2D eigenvalue weighted by Gasteiger charge is 2.18. The largest absolute Gasteiger partial charge is 0.311 e. The van der Waals surface area contributed by atoms with Crippen LogP contribution in [0.3, 0.4) is 0 Å². The first-order chi connectivity index (χ1) is 8.65. The van der Waals surface area contributed by atoms with Gasteiger partial charge in [0, 0.05) is 25.8 Å². The van der Waals surface area contributed by atoms with Gasteiger partial charge >= 0.3 is 0 Å². The molecule has 2 aromatic rings. The number of nitrogens with one attached hydrogen (secondary N) is 1. The average Bonchev–Trinajstić information content (AvgIpc) is 2.91. The minimum Gasteiger partial charge on any atom is -0.311 e. The van der Waals surface area contributed by atoms with Crippen molar-refractivity contribution in [3.63, 3.8) is 0 Å². The maximum absolute atomic E-state index is 4.28. The van der Waals surface area contributed by atoms with Gasteiger partial charge in [0.1, 0.15) is 11.4 Å². The minimum atomic E-state index is 0.276. The van der Waals surface area contributed by atoms with Gasteiger partial charge in [-0.25, -0.2) is 4.68 Å². The molecule has 0 atom stereocenters. The van der Waals surface area contributed by atoms with E-state index in [1.54, 1.807) is 6.20 Å². The Kier molecular flexibility index (Phi) is 3.76. The molecule has 18 heavy (non-hydrogen) atoms. The number of rotatable bonds is 5. The van der Waals surface area contributed by atoms with Gasteiger partial charge in [-0.3, -0.25) is 4.68 Å². The van der Waals surface area contributed by atoms with Crippen LogP contribution in [0.25, 0.3) is 11.4 Å². The maximum atomic E-state index is 4.28. The lowest BCUT2D eigenvalue weighted by Gasteiger charge is -2.11. The third-order valence-electron chi connectivity index (χ3n) is 2.86. The normalized spacial score (nSPS) is 11.4. The van der Waals surface area contributed by atoms with Gasteiger partial charge in [-0.1, -0.05) is 12.1 Å². The highest BCUT2D eigenvalue weighted by molar-refractivity contribution is 5.57. The summed E-state index contributed by atoms with van der Waals surface area (Å²) in [6.07, 6.45) is 1.80. The van der Waals surface area contributed by atoms with Crippen LogP contribution < -0.4 is 5.32 Å². The first-order valence-electron chi connectivity index (χ1n) is 6.28. The Morgan fingerprint density at radius 3 is 2.72 bits per heavy atom. The highest BCUT2D eigenvalue weighted by atomic mass is 15.5. The lowest BCUT2D eigenvalue weighted by Crippen LogP contribution is -2.14. The standard InChI is InChI=1S/C12H20N6/c1-5-13-8-10-12(11-6-7-14-17(11)4)18(9(2)3)16-15-10/h6-7,9,13H,5,8H2,1-4H3. The number of hydrogen-bond acceptors (Lipinski definition) is 4. The molecule has 2 heterocycles. The first-order valence-corrected chi connectivity index (χ1v) is 6.28. The lowest BCUT2D eigenvalue weighted by molar-refractivity contribution is 0.517. The van der Waals surface area contributed by atoms with Crippen molar-refractivity contribution in [2.75, 3.05) is 6.54 Å². The molecule has 2 aromatic heterocycles. The Morgan fingerprint density at radius 1 is 1.39 bits per heavy atom. The van der Waals surface area contributed by atoms with Crippen molar-refractivity contribution in [1.82, 2.24) is 30.1 Å². The fraction of sp³-hybridized carbons (Fsp3) is 0.583. The molecule has 98 valence electrons. The summed E-state index contributed by atoms with van der Waals surface area (Å²) < 4.78 is 3.80. The van der Waals surface area contributed by atoms with Crippen molar-refractivity contribution < 1.29 is 0 Å². The Balaban J connectivity index is 2.47. The molecule has 0 radical (unpaired) electrons. The molecule has 1 N–H and O–H groups in total. The van der Waals surface area contributed by atoms with Gasteiger partial charge in [0.2, 0.25) is 0 Å². The molecule has 6 nitrogen and oxygen atoms in total. The minimum absolute atomic E-state index is 0.276. The van der Waals surface area contributed by atoms with Crippen molar-refractivity contribution in [3.8, 4) is 11.4 Å². The molecule has 0 saturated heterocycles. The summed E-state index contributed by atoms with van der Waals surface area (Å²) in [6, 6.07) is 2.27. The van der Waals surface area contributed by atoms with Crippen LogP contribution in [0.15, 0.2) is 12.3 Å². The molecule has 2 rings (SSSR count). The van der Waals surface area contributed by atoms with E-state index in [2.05, 4.69) is 41.5 Å². The van der Waals surface area contributed by atoms with Crippen molar-refractivity contribution in [1.29, 1.82) is 0 Å². The van der Waals surface area contributed by atoms with Gasteiger partial charge in [-0.2, -0.15) is 5.10 Å². The summed E-state index contributed by atoms with van der Waals surface area (Å²) >= 11 is 0. The summed E-state index contributed by atoms with van der Waals surface area (Å²) in [5.41, 5.74) is 3.06. The zero-order valence-electron chi connectivity index (χ0n) is 11.4. The Hall–Kier alpha value is -1.69. The van der Waals surface area contributed by atoms with Crippen molar-refractivity contribution in [2.24, 2.45) is 7.05 Å². The van der Waals surface area contributed by atoms with Gasteiger partial charge in [-0.05, 0) is 26.5 Å². The molecule has 0 aromatic carbocycles. The fourth-order valence-electron chi connectivity index (χ4n) is 1.92. The van der Waals surface area contributed by atoms with Crippen molar-refractivity contribution in [3.05, 3.63) is 18.0 Å². The molecule has 0 aliphatic rings. The SMILES string of the molecule is CCNCc1nnn(C(C)C)c1-c1ccnn1C. The molecular formula is C12H20N6. The Morgan fingerprint density at radius 2 is 2.17 bits per heavy atom. The molecular weight excluding hydrogens is 228 g/mol. The Labute approximate surface area is 107 Å². The number of aromatic nitrogens is 5. The van der Waals surface area contributed by atoms with Gasteiger partial charge < -0.3 is 5.32 Å². The summed E-state index contributed by atoms with van der Waals surface area (Å²) in [6.45, 7) is 7.93. The van der Waals surface area contributed by atoms with Gasteiger partial charge in [-0.15, -0.1) is 5.10 Å². The molecule has 0 aliphatic carbocycles. The molecule has 0 unspecified atom stereocenters. The second-order valence-electron chi connectivity index (χ2n) is 4.54. The quantitative estimate of drug-likeness (QED) is 0.868. The van der Waals surface area contributed by atoms with Crippen LogP contribution >= 0.6 is 0 Å². The van der Waals surface area contributed by atoms with Gasteiger partial charge in [0.05, 0.1) is 5.69 Å². The third kappa shape index (κ3) is 2.28. The molecule has 0 fully saturated rings. The molecule has 0 spiro atoms. The molecule has 6 heteroatoms. The van der Waals surface area contributed by atoms with Crippen LogP contribution in [-0.2, 0) is 13.6 Å².